The fourth-order valence-electron chi connectivity index (χ4n) is 1.27. The van der Waals surface area contributed by atoms with Gasteiger partial charge in [0.15, 0.2) is 0 Å². The average Bonchev–Trinajstić information content (AvgIpc) is 2.14. The molecule has 0 amide bonds. The highest BCUT2D eigenvalue weighted by Gasteiger charge is 2.40. The summed E-state index contributed by atoms with van der Waals surface area (Å²) in [7, 11) is 0.985. The van der Waals surface area contributed by atoms with Gasteiger partial charge in [0.2, 0.25) is 0 Å². The molecule has 0 aliphatic rings. The van der Waals surface area contributed by atoms with Crippen LogP contribution in [-0.2, 0) is 6.18 Å². The van der Waals surface area contributed by atoms with Gasteiger partial charge in [0.05, 0.1) is 7.11 Å². The molecule has 1 rings (SSSR count). The summed E-state index contributed by atoms with van der Waals surface area (Å²) in [6, 6.07) is 0.967. The Morgan fingerprint density at radius 1 is 1.31 bits per heavy atom. The second kappa shape index (κ2) is 4.23. The van der Waals surface area contributed by atoms with Crippen LogP contribution in [0, 0.1) is 6.92 Å². The van der Waals surface area contributed by atoms with Crippen molar-refractivity contribution in [3.63, 3.8) is 0 Å². The van der Waals surface area contributed by atoms with Crippen molar-refractivity contribution in [1.82, 2.24) is 4.98 Å². The zero-order valence-corrected chi connectivity index (χ0v) is 8.40. The van der Waals surface area contributed by atoms with Crippen LogP contribution >= 0.6 is 0 Å². The minimum Gasteiger partial charge on any atom is -0.496 e. The maximum Gasteiger partial charge on any atom is 0.421 e. The smallest absolute Gasteiger partial charge is 0.421 e. The number of methoxy groups -OCH3 is 1. The highest BCUT2D eigenvalue weighted by atomic mass is 19.4. The lowest BCUT2D eigenvalue weighted by Gasteiger charge is -2.16. The molecule has 0 bridgehead atoms. The van der Waals surface area contributed by atoms with Crippen LogP contribution in [-0.4, -0.2) is 12.1 Å². The van der Waals surface area contributed by atoms with E-state index in [-0.39, 0.29) is 5.69 Å². The summed E-state index contributed by atoms with van der Waals surface area (Å²) in [4.78, 5) is 3.20. The first-order chi connectivity index (χ1) is 7.27. The SMILES string of the molecule is COc1cc(C)nc(C(F)F)c1C(F)(F)F. The average molecular weight is 241 g/mol. The van der Waals surface area contributed by atoms with Gasteiger partial charge in [-0.15, -0.1) is 0 Å². The van der Waals surface area contributed by atoms with Crippen molar-refractivity contribution >= 4 is 0 Å². The van der Waals surface area contributed by atoms with Gasteiger partial charge < -0.3 is 4.74 Å². The Hall–Kier alpha value is -1.40. The third-order valence-electron chi connectivity index (χ3n) is 1.85. The van der Waals surface area contributed by atoms with Crippen LogP contribution in [0.25, 0.3) is 0 Å². The minimum absolute atomic E-state index is 0.0418. The van der Waals surface area contributed by atoms with Crippen molar-refractivity contribution in [1.29, 1.82) is 0 Å². The Morgan fingerprint density at radius 3 is 2.25 bits per heavy atom. The van der Waals surface area contributed by atoms with Crippen LogP contribution in [0.1, 0.15) is 23.4 Å². The van der Waals surface area contributed by atoms with E-state index in [1.165, 1.54) is 6.92 Å². The first kappa shape index (κ1) is 12.7. The third kappa shape index (κ3) is 2.40. The Balaban J connectivity index is 3.52. The zero-order chi connectivity index (χ0) is 12.5. The first-order valence-corrected chi connectivity index (χ1v) is 4.18. The Morgan fingerprint density at radius 2 is 1.88 bits per heavy atom. The second-order valence-electron chi connectivity index (χ2n) is 3.02. The van der Waals surface area contributed by atoms with Crippen LogP contribution in [0.5, 0.6) is 5.75 Å². The largest absolute Gasteiger partial charge is 0.496 e. The van der Waals surface area contributed by atoms with E-state index >= 15 is 0 Å². The van der Waals surface area contributed by atoms with Crippen LogP contribution in [0.3, 0.4) is 0 Å². The van der Waals surface area contributed by atoms with Crippen molar-refractivity contribution < 1.29 is 26.7 Å². The molecule has 0 atom stereocenters. The number of aromatic nitrogens is 1. The molecule has 1 heterocycles. The molecule has 0 saturated carbocycles. The standard InChI is InChI=1S/C9H8F5NO/c1-4-3-5(16-2)6(9(12,13)14)7(15-4)8(10)11/h3,8H,1-2H3. The maximum absolute atomic E-state index is 12.5. The van der Waals surface area contributed by atoms with Gasteiger partial charge in [0.25, 0.3) is 6.43 Å². The number of nitrogens with zero attached hydrogens (tertiary/aromatic N) is 1. The van der Waals surface area contributed by atoms with Gasteiger partial charge in [-0.2, -0.15) is 13.2 Å². The number of aryl methyl sites for hydroxylation is 1. The fraction of sp³-hybridized carbons (Fsp3) is 0.444. The highest BCUT2D eigenvalue weighted by molar-refractivity contribution is 5.41. The van der Waals surface area contributed by atoms with Gasteiger partial charge in [-0.3, -0.25) is 4.98 Å². The molecule has 7 heteroatoms. The van der Waals surface area contributed by atoms with Gasteiger partial charge in [0.1, 0.15) is 17.0 Å². The molecule has 0 aliphatic carbocycles. The number of halogens is 5. The maximum atomic E-state index is 12.5. The molecule has 1 aromatic rings. The topological polar surface area (TPSA) is 22.1 Å². The molecule has 16 heavy (non-hydrogen) atoms. The van der Waals surface area contributed by atoms with Gasteiger partial charge in [-0.25, -0.2) is 8.78 Å². The summed E-state index contributed by atoms with van der Waals surface area (Å²) < 4.78 is 66.9. The third-order valence-corrected chi connectivity index (χ3v) is 1.85. The van der Waals surface area contributed by atoms with E-state index < -0.39 is 29.6 Å². The van der Waals surface area contributed by atoms with Gasteiger partial charge in [-0.05, 0) is 6.92 Å². The molecule has 0 aromatic carbocycles. The quantitative estimate of drug-likeness (QED) is 0.740. The summed E-state index contributed by atoms with van der Waals surface area (Å²) in [6.45, 7) is 1.31. The van der Waals surface area contributed by atoms with E-state index in [0.717, 1.165) is 13.2 Å². The first-order valence-electron chi connectivity index (χ1n) is 4.18. The van der Waals surface area contributed by atoms with E-state index in [2.05, 4.69) is 9.72 Å². The molecule has 0 saturated heterocycles. The van der Waals surface area contributed by atoms with Gasteiger partial charge >= 0.3 is 6.18 Å². The fourth-order valence-corrected chi connectivity index (χ4v) is 1.27. The van der Waals surface area contributed by atoms with E-state index in [1.807, 2.05) is 0 Å². The summed E-state index contributed by atoms with van der Waals surface area (Å²) in [5.41, 5.74) is -2.78. The predicted octanol–water partition coefficient (Wildman–Crippen LogP) is 3.36. The zero-order valence-electron chi connectivity index (χ0n) is 8.40. The summed E-state index contributed by atoms with van der Waals surface area (Å²) in [5.74, 6) is -0.643. The van der Waals surface area contributed by atoms with Gasteiger partial charge in [0, 0.05) is 11.8 Å². The minimum atomic E-state index is -4.92. The normalized spacial score (nSPS) is 12.0. The molecule has 90 valence electrons. The van der Waals surface area contributed by atoms with Crippen LogP contribution in [0.4, 0.5) is 22.0 Å². The van der Waals surface area contributed by atoms with Crippen molar-refractivity contribution in [2.24, 2.45) is 0 Å². The summed E-state index contributed by atoms with van der Waals surface area (Å²) in [6.07, 6.45) is -8.22. The molecule has 0 radical (unpaired) electrons. The highest BCUT2D eigenvalue weighted by Crippen LogP contribution is 2.41. The molecule has 0 spiro atoms. The molecule has 2 nitrogen and oxygen atoms in total. The van der Waals surface area contributed by atoms with Crippen molar-refractivity contribution in [2.45, 2.75) is 19.5 Å². The van der Waals surface area contributed by atoms with E-state index in [0.29, 0.717) is 0 Å². The van der Waals surface area contributed by atoms with Crippen molar-refractivity contribution in [3.05, 3.63) is 23.0 Å². The number of ether oxygens (including phenoxy) is 1. The van der Waals surface area contributed by atoms with E-state index in [4.69, 9.17) is 0 Å². The predicted molar refractivity (Wildman–Crippen MR) is 45.5 cm³/mol. The molecule has 0 N–H and O–H groups in total. The number of pyridine rings is 1. The van der Waals surface area contributed by atoms with E-state index in [1.54, 1.807) is 0 Å². The number of hydrogen-bond donors (Lipinski definition) is 0. The van der Waals surface area contributed by atoms with Crippen LogP contribution in [0.2, 0.25) is 0 Å². The summed E-state index contributed by atoms with van der Waals surface area (Å²) >= 11 is 0. The number of rotatable bonds is 2. The second-order valence-corrected chi connectivity index (χ2v) is 3.02. The van der Waals surface area contributed by atoms with Gasteiger partial charge in [-0.1, -0.05) is 0 Å². The molecule has 0 fully saturated rings. The number of hydrogen-bond acceptors (Lipinski definition) is 2. The molecular formula is C9H8F5NO. The van der Waals surface area contributed by atoms with Crippen LogP contribution < -0.4 is 4.74 Å². The Kier molecular flexibility index (Phi) is 3.35. The lowest BCUT2D eigenvalue weighted by atomic mass is 10.1. The number of alkyl halides is 5. The van der Waals surface area contributed by atoms with Crippen molar-refractivity contribution in [2.75, 3.05) is 7.11 Å². The van der Waals surface area contributed by atoms with Crippen molar-refractivity contribution in [3.8, 4) is 5.75 Å². The molecule has 0 unspecified atom stereocenters. The molecule has 0 aliphatic heterocycles. The lowest BCUT2D eigenvalue weighted by Crippen LogP contribution is -2.14. The lowest BCUT2D eigenvalue weighted by molar-refractivity contribution is -0.141. The molecule has 1 aromatic heterocycles. The molecular weight excluding hydrogens is 233 g/mol. The summed E-state index contributed by atoms with van der Waals surface area (Å²) in [5, 5.41) is 0. The Labute approximate surface area is 88.1 Å². The van der Waals surface area contributed by atoms with E-state index in [9.17, 15) is 22.0 Å². The monoisotopic (exact) mass is 241 g/mol. The Bertz CT molecular complexity index is 388. The van der Waals surface area contributed by atoms with Crippen LogP contribution in [0.15, 0.2) is 6.07 Å².